The summed E-state index contributed by atoms with van der Waals surface area (Å²) in [4.78, 5) is 10.0. The molecule has 4 N–H and O–H groups in total. The maximum Gasteiger partial charge on any atom is 0.400 e. The first-order valence-corrected chi connectivity index (χ1v) is 2.69. The number of allylic oxidation sites excluding steroid dienone is 1. The molecule has 0 aromatic carbocycles. The van der Waals surface area contributed by atoms with Crippen molar-refractivity contribution in [2.75, 3.05) is 0 Å². The van der Waals surface area contributed by atoms with E-state index >= 15 is 0 Å². The molecule has 54 valence electrons. The highest BCUT2D eigenvalue weighted by Gasteiger charge is 2.08. The maximum atomic E-state index is 10.0. The van der Waals surface area contributed by atoms with Crippen molar-refractivity contribution in [3.05, 3.63) is 11.1 Å². The SMILES string of the molecule is N=C/C(Cl)=C\C(=[NH2+])C(=O)O. The van der Waals surface area contributed by atoms with E-state index in [2.05, 4.69) is 0 Å². The number of nitrogens with one attached hydrogen (secondary N) is 1. The zero-order valence-electron chi connectivity index (χ0n) is 4.97. The van der Waals surface area contributed by atoms with Gasteiger partial charge in [-0.15, -0.1) is 0 Å². The predicted octanol–water partition coefficient (Wildman–Crippen LogP) is -0.957. The van der Waals surface area contributed by atoms with Gasteiger partial charge in [-0.25, -0.2) is 10.2 Å². The first-order chi connectivity index (χ1) is 4.57. The number of halogens is 1. The fourth-order valence-electron chi connectivity index (χ4n) is 0.252. The van der Waals surface area contributed by atoms with Crippen LogP contribution < -0.4 is 5.41 Å². The number of hydrogen-bond acceptors (Lipinski definition) is 2. The standard InChI is InChI=1S/C5H5ClN2O2/c6-3(2-7)1-4(8)5(9)10/h1-2,7-8H,(H,9,10)/p+1/b3-1+,7-2?,8-4?. The van der Waals surface area contributed by atoms with E-state index in [1.54, 1.807) is 0 Å². The van der Waals surface area contributed by atoms with Crippen molar-refractivity contribution in [3.63, 3.8) is 0 Å². The minimum Gasteiger partial charge on any atom is -0.473 e. The van der Waals surface area contributed by atoms with Crippen LogP contribution in [0.3, 0.4) is 0 Å². The Morgan fingerprint density at radius 3 is 2.50 bits per heavy atom. The summed E-state index contributed by atoms with van der Waals surface area (Å²) in [5, 5.41) is 19.7. The third-order valence-corrected chi connectivity index (χ3v) is 0.896. The van der Waals surface area contributed by atoms with Crippen LogP contribution in [0.5, 0.6) is 0 Å². The van der Waals surface area contributed by atoms with E-state index in [-0.39, 0.29) is 10.7 Å². The van der Waals surface area contributed by atoms with Crippen molar-refractivity contribution in [1.82, 2.24) is 0 Å². The summed E-state index contributed by atoms with van der Waals surface area (Å²) in [6.45, 7) is 0. The third kappa shape index (κ3) is 2.99. The van der Waals surface area contributed by atoms with Crippen molar-refractivity contribution < 1.29 is 15.3 Å². The summed E-state index contributed by atoms with van der Waals surface area (Å²) < 4.78 is 0. The lowest BCUT2D eigenvalue weighted by atomic mass is 10.3. The minimum absolute atomic E-state index is 0.0140. The van der Waals surface area contributed by atoms with Gasteiger partial charge in [-0.3, -0.25) is 0 Å². The van der Waals surface area contributed by atoms with Crippen LogP contribution in [0.4, 0.5) is 0 Å². The predicted molar refractivity (Wildman–Crippen MR) is 37.3 cm³/mol. The monoisotopic (exact) mass is 161 g/mol. The van der Waals surface area contributed by atoms with Crippen LogP contribution in [-0.4, -0.2) is 23.0 Å². The molecule has 0 rings (SSSR count). The van der Waals surface area contributed by atoms with Crippen molar-refractivity contribution in [2.45, 2.75) is 0 Å². The van der Waals surface area contributed by atoms with E-state index in [0.29, 0.717) is 0 Å². The van der Waals surface area contributed by atoms with Crippen molar-refractivity contribution >= 4 is 29.5 Å². The van der Waals surface area contributed by atoms with Crippen LogP contribution in [0.15, 0.2) is 11.1 Å². The highest BCUT2D eigenvalue weighted by molar-refractivity contribution is 6.45. The Morgan fingerprint density at radius 1 is 1.70 bits per heavy atom. The average Bonchev–Trinajstić information content (AvgIpc) is 1.87. The molecule has 0 atom stereocenters. The molecule has 5 heteroatoms. The van der Waals surface area contributed by atoms with Crippen LogP contribution in [0.1, 0.15) is 0 Å². The topological polar surface area (TPSA) is 86.7 Å². The second-order valence-electron chi connectivity index (χ2n) is 1.43. The smallest absolute Gasteiger partial charge is 0.400 e. The van der Waals surface area contributed by atoms with Crippen LogP contribution in [0.25, 0.3) is 0 Å². The molecule has 0 amide bonds. The second kappa shape index (κ2) is 3.79. The molecule has 10 heavy (non-hydrogen) atoms. The van der Waals surface area contributed by atoms with Crippen molar-refractivity contribution in [3.8, 4) is 0 Å². The number of rotatable bonds is 3. The number of carboxylic acid groups (broad SMARTS) is 1. The zero-order chi connectivity index (χ0) is 8.15. The van der Waals surface area contributed by atoms with Crippen molar-refractivity contribution in [1.29, 1.82) is 5.41 Å². The first kappa shape index (κ1) is 8.84. The average molecular weight is 162 g/mol. The lowest BCUT2D eigenvalue weighted by Gasteiger charge is -1.82. The summed E-state index contributed by atoms with van der Waals surface area (Å²) >= 11 is 5.26. The lowest BCUT2D eigenvalue weighted by molar-refractivity contribution is -0.146. The molecule has 0 unspecified atom stereocenters. The fourth-order valence-corrected chi connectivity index (χ4v) is 0.370. The summed E-state index contributed by atoms with van der Waals surface area (Å²) in [5.74, 6) is -1.25. The van der Waals surface area contributed by atoms with E-state index in [0.717, 1.165) is 12.3 Å². The molecular formula is C5H6ClN2O2+. The Morgan fingerprint density at radius 2 is 2.20 bits per heavy atom. The van der Waals surface area contributed by atoms with Crippen LogP contribution >= 0.6 is 11.6 Å². The Kier molecular flexibility index (Phi) is 3.35. The van der Waals surface area contributed by atoms with Gasteiger partial charge in [-0.1, -0.05) is 11.6 Å². The molecule has 0 bridgehead atoms. The van der Waals surface area contributed by atoms with E-state index in [1.807, 2.05) is 0 Å². The zero-order valence-corrected chi connectivity index (χ0v) is 5.72. The van der Waals surface area contributed by atoms with Gasteiger partial charge >= 0.3 is 5.97 Å². The quantitative estimate of drug-likeness (QED) is 0.466. The number of hydrogen-bond donors (Lipinski definition) is 3. The number of carboxylic acids is 1. The maximum absolute atomic E-state index is 10.0. The van der Waals surface area contributed by atoms with Gasteiger partial charge in [0.15, 0.2) is 0 Å². The van der Waals surface area contributed by atoms with Crippen LogP contribution in [0.2, 0.25) is 0 Å². The Balaban J connectivity index is 4.27. The molecule has 4 nitrogen and oxygen atoms in total. The van der Waals surface area contributed by atoms with Gasteiger partial charge in [0.2, 0.25) is 0 Å². The summed E-state index contributed by atoms with van der Waals surface area (Å²) in [6.07, 6.45) is 1.80. The van der Waals surface area contributed by atoms with Gasteiger partial charge < -0.3 is 10.5 Å². The molecular weight excluding hydrogens is 156 g/mol. The van der Waals surface area contributed by atoms with Gasteiger partial charge in [0.05, 0.1) is 5.03 Å². The minimum atomic E-state index is -1.25. The van der Waals surface area contributed by atoms with Gasteiger partial charge in [-0.05, 0) is 0 Å². The molecule has 0 fully saturated rings. The molecule has 0 aliphatic heterocycles. The first-order valence-electron chi connectivity index (χ1n) is 2.31. The third-order valence-electron chi connectivity index (χ3n) is 0.678. The van der Waals surface area contributed by atoms with E-state index in [4.69, 9.17) is 27.5 Å². The number of nitrogens with two attached hydrogens (primary N) is 1. The molecule has 0 aliphatic carbocycles. The number of carbonyl (C=O) groups is 1. The summed E-state index contributed by atoms with van der Waals surface area (Å²) in [7, 11) is 0. The highest BCUT2D eigenvalue weighted by atomic mass is 35.5. The molecule has 0 aliphatic rings. The van der Waals surface area contributed by atoms with Crippen molar-refractivity contribution in [2.24, 2.45) is 0 Å². The molecule has 0 spiro atoms. The molecule has 0 radical (unpaired) electrons. The van der Waals surface area contributed by atoms with E-state index < -0.39 is 5.97 Å². The summed E-state index contributed by atoms with van der Waals surface area (Å²) in [5.41, 5.74) is -0.381. The number of aliphatic carboxylic acids is 1. The molecule has 0 heterocycles. The lowest BCUT2D eigenvalue weighted by Crippen LogP contribution is -2.43. The molecule has 0 saturated carbocycles. The van der Waals surface area contributed by atoms with Gasteiger partial charge in [0.1, 0.15) is 0 Å². The van der Waals surface area contributed by atoms with Crippen LogP contribution in [0, 0.1) is 5.41 Å². The molecule has 0 saturated heterocycles. The van der Waals surface area contributed by atoms with Gasteiger partial charge in [0.25, 0.3) is 5.71 Å². The van der Waals surface area contributed by atoms with Crippen LogP contribution in [-0.2, 0) is 4.79 Å². The highest BCUT2D eigenvalue weighted by Crippen LogP contribution is 1.94. The Hall–Kier alpha value is -1.16. The molecule has 0 aromatic rings. The second-order valence-corrected chi connectivity index (χ2v) is 1.87. The molecule has 0 aromatic heterocycles. The largest absolute Gasteiger partial charge is 0.473 e. The Bertz CT molecular complexity index is 210. The van der Waals surface area contributed by atoms with Gasteiger partial charge in [-0.2, -0.15) is 0 Å². The Labute approximate surface area is 62.1 Å². The normalized spacial score (nSPS) is 10.7. The summed E-state index contributed by atoms with van der Waals surface area (Å²) in [6, 6.07) is 0. The van der Waals surface area contributed by atoms with Gasteiger partial charge in [0, 0.05) is 12.3 Å². The van der Waals surface area contributed by atoms with E-state index in [9.17, 15) is 4.79 Å². The van der Waals surface area contributed by atoms with E-state index in [1.165, 1.54) is 0 Å². The fraction of sp³-hybridized carbons (Fsp3) is 0.